The van der Waals surface area contributed by atoms with Gasteiger partial charge in [-0.25, -0.2) is 4.79 Å². The summed E-state index contributed by atoms with van der Waals surface area (Å²) in [6, 6.07) is 13.6. The van der Waals surface area contributed by atoms with Crippen molar-refractivity contribution in [1.29, 1.82) is 0 Å². The van der Waals surface area contributed by atoms with Crippen molar-refractivity contribution in [3.63, 3.8) is 0 Å². The number of esters is 1. The molecule has 0 saturated heterocycles. The highest BCUT2D eigenvalue weighted by Gasteiger charge is 2.21. The third kappa shape index (κ3) is 4.28. The second kappa shape index (κ2) is 8.08. The average Bonchev–Trinajstić information content (AvgIpc) is 2.68. The fourth-order valence-corrected chi connectivity index (χ4v) is 2.71. The quantitative estimate of drug-likeness (QED) is 0.681. The van der Waals surface area contributed by atoms with Crippen LogP contribution in [0.5, 0.6) is 0 Å². The number of hydrogen-bond acceptors (Lipinski definition) is 5. The summed E-state index contributed by atoms with van der Waals surface area (Å²) in [5.74, 6) is -1.59. The number of benzene rings is 2. The van der Waals surface area contributed by atoms with Crippen LogP contribution in [0.25, 0.3) is 11.0 Å². The number of hydrogen-bond donors (Lipinski definition) is 1. The molecular formula is C22H21NO5. The SMILES string of the molecule is CCc1ccc(NC(=O)[C@@H](C)OC(=O)c2cc(=O)c3cc(C)ccc3o2)cc1. The lowest BCUT2D eigenvalue weighted by Gasteiger charge is -2.13. The Hall–Kier alpha value is -3.41. The van der Waals surface area contributed by atoms with Crippen LogP contribution < -0.4 is 10.7 Å². The maximum absolute atomic E-state index is 12.3. The van der Waals surface area contributed by atoms with Crippen LogP contribution in [0.1, 0.15) is 35.5 Å². The van der Waals surface area contributed by atoms with Gasteiger partial charge >= 0.3 is 5.97 Å². The first-order valence-electron chi connectivity index (χ1n) is 9.02. The molecule has 0 spiro atoms. The van der Waals surface area contributed by atoms with Crippen LogP contribution in [0.3, 0.4) is 0 Å². The summed E-state index contributed by atoms with van der Waals surface area (Å²) >= 11 is 0. The molecule has 1 atom stereocenters. The van der Waals surface area contributed by atoms with E-state index in [1.807, 2.05) is 26.0 Å². The van der Waals surface area contributed by atoms with Crippen molar-refractivity contribution in [1.82, 2.24) is 0 Å². The highest BCUT2D eigenvalue weighted by atomic mass is 16.6. The van der Waals surface area contributed by atoms with E-state index in [0.29, 0.717) is 11.1 Å². The Kier molecular flexibility index (Phi) is 5.59. The molecule has 6 heteroatoms. The van der Waals surface area contributed by atoms with Crippen molar-refractivity contribution in [2.24, 2.45) is 0 Å². The molecule has 1 heterocycles. The normalized spacial score (nSPS) is 11.8. The first kappa shape index (κ1) is 19.4. The maximum atomic E-state index is 12.3. The summed E-state index contributed by atoms with van der Waals surface area (Å²) < 4.78 is 10.6. The van der Waals surface area contributed by atoms with E-state index in [2.05, 4.69) is 5.32 Å². The minimum Gasteiger partial charge on any atom is -0.449 e. The molecule has 6 nitrogen and oxygen atoms in total. The number of carbonyl (C=O) groups is 2. The van der Waals surface area contributed by atoms with Gasteiger partial charge in [0.15, 0.2) is 11.5 Å². The number of carbonyl (C=O) groups excluding carboxylic acids is 2. The molecule has 0 fully saturated rings. The summed E-state index contributed by atoms with van der Waals surface area (Å²) in [7, 11) is 0. The molecule has 0 unspecified atom stereocenters. The Bertz CT molecular complexity index is 1080. The lowest BCUT2D eigenvalue weighted by molar-refractivity contribution is -0.123. The summed E-state index contributed by atoms with van der Waals surface area (Å²) in [6.07, 6.45) is -0.156. The highest BCUT2D eigenvalue weighted by Crippen LogP contribution is 2.16. The predicted octanol–water partition coefficient (Wildman–Crippen LogP) is 3.85. The Morgan fingerprint density at radius 3 is 2.50 bits per heavy atom. The Morgan fingerprint density at radius 2 is 1.82 bits per heavy atom. The number of amides is 1. The van der Waals surface area contributed by atoms with Gasteiger partial charge in [0.1, 0.15) is 5.58 Å². The maximum Gasteiger partial charge on any atom is 0.375 e. The number of fused-ring (bicyclic) bond motifs is 1. The number of anilines is 1. The standard InChI is InChI=1S/C22H21NO5/c1-4-15-6-8-16(9-7-15)23-21(25)14(3)27-22(26)20-12-18(24)17-11-13(2)5-10-19(17)28-20/h5-12,14H,4H2,1-3H3,(H,23,25)/t14-/m1/s1. The second-order valence-electron chi connectivity index (χ2n) is 6.56. The molecule has 0 radical (unpaired) electrons. The van der Waals surface area contributed by atoms with E-state index in [4.69, 9.17) is 9.15 Å². The Labute approximate surface area is 162 Å². The van der Waals surface area contributed by atoms with Crippen LogP contribution in [-0.4, -0.2) is 18.0 Å². The molecule has 28 heavy (non-hydrogen) atoms. The van der Waals surface area contributed by atoms with E-state index in [-0.39, 0.29) is 16.8 Å². The molecule has 0 aliphatic carbocycles. The molecule has 3 rings (SSSR count). The van der Waals surface area contributed by atoms with E-state index in [0.717, 1.165) is 23.6 Å². The van der Waals surface area contributed by atoms with Crippen molar-refractivity contribution in [2.45, 2.75) is 33.3 Å². The largest absolute Gasteiger partial charge is 0.449 e. The zero-order chi connectivity index (χ0) is 20.3. The van der Waals surface area contributed by atoms with Gasteiger partial charge in [0, 0.05) is 11.8 Å². The fraction of sp³-hybridized carbons (Fsp3) is 0.227. The molecule has 1 N–H and O–H groups in total. The van der Waals surface area contributed by atoms with E-state index in [9.17, 15) is 14.4 Å². The summed E-state index contributed by atoms with van der Waals surface area (Å²) in [4.78, 5) is 36.8. The number of ether oxygens (including phenoxy) is 1. The number of aryl methyl sites for hydroxylation is 2. The van der Waals surface area contributed by atoms with Crippen LogP contribution in [-0.2, 0) is 16.0 Å². The summed E-state index contributed by atoms with van der Waals surface area (Å²) in [5, 5.41) is 3.08. The zero-order valence-electron chi connectivity index (χ0n) is 15.9. The van der Waals surface area contributed by atoms with Gasteiger partial charge in [0.25, 0.3) is 5.91 Å². The molecule has 0 aliphatic heterocycles. The zero-order valence-corrected chi connectivity index (χ0v) is 15.9. The van der Waals surface area contributed by atoms with Crippen molar-refractivity contribution in [3.8, 4) is 0 Å². The predicted molar refractivity (Wildman–Crippen MR) is 107 cm³/mol. The van der Waals surface area contributed by atoms with E-state index < -0.39 is 18.0 Å². The lowest BCUT2D eigenvalue weighted by Crippen LogP contribution is -2.30. The molecule has 0 aliphatic rings. The molecule has 0 saturated carbocycles. The van der Waals surface area contributed by atoms with Gasteiger partial charge in [-0.15, -0.1) is 0 Å². The van der Waals surface area contributed by atoms with Gasteiger partial charge in [-0.1, -0.05) is 30.7 Å². The average molecular weight is 379 g/mol. The van der Waals surface area contributed by atoms with Crippen LogP contribution in [0, 0.1) is 6.92 Å². The summed E-state index contributed by atoms with van der Waals surface area (Å²) in [6.45, 7) is 5.36. The Morgan fingerprint density at radius 1 is 1.11 bits per heavy atom. The van der Waals surface area contributed by atoms with Gasteiger partial charge in [-0.05, 0) is 50.1 Å². The minimum absolute atomic E-state index is 0.242. The van der Waals surface area contributed by atoms with Crippen LogP contribution in [0.15, 0.2) is 57.7 Å². The first-order valence-corrected chi connectivity index (χ1v) is 9.02. The smallest absolute Gasteiger partial charge is 0.375 e. The molecule has 1 aromatic heterocycles. The fourth-order valence-electron chi connectivity index (χ4n) is 2.71. The van der Waals surface area contributed by atoms with Gasteiger partial charge < -0.3 is 14.5 Å². The van der Waals surface area contributed by atoms with Gasteiger partial charge in [-0.2, -0.15) is 0 Å². The minimum atomic E-state index is -1.06. The van der Waals surface area contributed by atoms with Crippen molar-refractivity contribution in [2.75, 3.05) is 5.32 Å². The molecule has 3 aromatic rings. The van der Waals surface area contributed by atoms with Gasteiger partial charge in [0.2, 0.25) is 5.76 Å². The van der Waals surface area contributed by atoms with Crippen LogP contribution >= 0.6 is 0 Å². The van der Waals surface area contributed by atoms with Gasteiger partial charge in [-0.3, -0.25) is 9.59 Å². The monoisotopic (exact) mass is 379 g/mol. The second-order valence-corrected chi connectivity index (χ2v) is 6.56. The first-order chi connectivity index (χ1) is 13.4. The molecule has 144 valence electrons. The number of nitrogens with one attached hydrogen (secondary N) is 1. The molecular weight excluding hydrogens is 358 g/mol. The summed E-state index contributed by atoms with van der Waals surface area (Å²) in [5.41, 5.74) is 2.62. The van der Waals surface area contributed by atoms with Crippen molar-refractivity contribution in [3.05, 3.63) is 75.6 Å². The lowest BCUT2D eigenvalue weighted by atomic mass is 10.1. The van der Waals surface area contributed by atoms with Crippen molar-refractivity contribution >= 4 is 28.5 Å². The van der Waals surface area contributed by atoms with Gasteiger partial charge in [0.05, 0.1) is 5.39 Å². The molecule has 1 amide bonds. The van der Waals surface area contributed by atoms with E-state index >= 15 is 0 Å². The van der Waals surface area contributed by atoms with Crippen molar-refractivity contribution < 1.29 is 18.7 Å². The third-order valence-electron chi connectivity index (χ3n) is 4.37. The third-order valence-corrected chi connectivity index (χ3v) is 4.37. The Balaban J connectivity index is 1.71. The highest BCUT2D eigenvalue weighted by molar-refractivity contribution is 5.97. The molecule has 0 bridgehead atoms. The van der Waals surface area contributed by atoms with Crippen LogP contribution in [0.2, 0.25) is 0 Å². The number of rotatable bonds is 5. The molecule has 2 aromatic carbocycles. The van der Waals surface area contributed by atoms with E-state index in [1.165, 1.54) is 6.92 Å². The topological polar surface area (TPSA) is 85.6 Å². The van der Waals surface area contributed by atoms with Crippen LogP contribution in [0.4, 0.5) is 5.69 Å². The van der Waals surface area contributed by atoms with E-state index in [1.54, 1.807) is 30.3 Å².